The smallest absolute Gasteiger partial charge is 0.354 e. The maximum absolute atomic E-state index is 12.0. The number of hydrogen-bond donors (Lipinski definition) is 2. The average Bonchev–Trinajstić information content (AvgIpc) is 2.74. The standard InChI is InChI=1S/C14H13NO4S2/c1-7(16)9-11(17)15-10(13(18)19)14(21-12(9)15)20-8-5-3-2-4-6-8/h2-7,9,12,16H,1H3,(H,18,19)/t7?,9?,12-/m1/s1. The van der Waals surface area contributed by atoms with Crippen molar-refractivity contribution in [1.29, 1.82) is 0 Å². The number of carbonyl (C=O) groups is 2. The fraction of sp³-hybridized carbons (Fsp3) is 0.286. The van der Waals surface area contributed by atoms with Gasteiger partial charge in [0.15, 0.2) is 5.70 Å². The molecular formula is C14H13NO4S2. The van der Waals surface area contributed by atoms with Gasteiger partial charge in [0.05, 0.1) is 16.3 Å². The second-order valence-electron chi connectivity index (χ2n) is 4.84. The van der Waals surface area contributed by atoms with Gasteiger partial charge in [0.1, 0.15) is 5.37 Å². The number of aliphatic carboxylic acids is 1. The summed E-state index contributed by atoms with van der Waals surface area (Å²) in [7, 11) is 0. The van der Waals surface area contributed by atoms with Crippen LogP contribution in [0.5, 0.6) is 0 Å². The zero-order valence-corrected chi connectivity index (χ0v) is 12.7. The van der Waals surface area contributed by atoms with E-state index < -0.39 is 18.0 Å². The molecule has 0 radical (unpaired) electrons. The monoisotopic (exact) mass is 323 g/mol. The lowest BCUT2D eigenvalue weighted by atomic mass is 9.92. The third-order valence-corrected chi connectivity index (χ3v) is 6.00. The van der Waals surface area contributed by atoms with Crippen LogP contribution in [0.2, 0.25) is 0 Å². The molecule has 110 valence electrons. The topological polar surface area (TPSA) is 77.8 Å². The fourth-order valence-electron chi connectivity index (χ4n) is 2.42. The molecule has 3 rings (SSSR count). The minimum absolute atomic E-state index is 0.0285. The van der Waals surface area contributed by atoms with Crippen molar-refractivity contribution in [3.8, 4) is 0 Å². The van der Waals surface area contributed by atoms with E-state index in [4.69, 9.17) is 0 Å². The number of thioether (sulfide) groups is 2. The molecule has 1 aromatic rings. The van der Waals surface area contributed by atoms with Gasteiger partial charge < -0.3 is 10.2 Å². The molecule has 5 nitrogen and oxygen atoms in total. The van der Waals surface area contributed by atoms with E-state index in [-0.39, 0.29) is 17.0 Å². The van der Waals surface area contributed by atoms with E-state index in [1.54, 1.807) is 6.92 Å². The molecule has 2 aliphatic rings. The highest BCUT2D eigenvalue weighted by Crippen LogP contribution is 2.54. The van der Waals surface area contributed by atoms with Gasteiger partial charge in [0.2, 0.25) is 5.91 Å². The average molecular weight is 323 g/mol. The van der Waals surface area contributed by atoms with Crippen LogP contribution in [-0.2, 0) is 9.59 Å². The van der Waals surface area contributed by atoms with Crippen LogP contribution in [0.1, 0.15) is 6.92 Å². The number of nitrogens with zero attached hydrogens (tertiary/aromatic N) is 1. The predicted octanol–water partition coefficient (Wildman–Crippen LogP) is 1.94. The molecule has 21 heavy (non-hydrogen) atoms. The first-order chi connectivity index (χ1) is 10.0. The van der Waals surface area contributed by atoms with Crippen molar-refractivity contribution < 1.29 is 19.8 Å². The lowest BCUT2D eigenvalue weighted by Gasteiger charge is -2.43. The van der Waals surface area contributed by atoms with Crippen LogP contribution in [0.3, 0.4) is 0 Å². The SMILES string of the molecule is CC(O)C1C(=O)N2C(C(=O)O)=C(Sc3ccccc3)S[C@H]12. The Morgan fingerprint density at radius 3 is 2.62 bits per heavy atom. The summed E-state index contributed by atoms with van der Waals surface area (Å²) in [5, 5.41) is 18.7. The van der Waals surface area contributed by atoms with Crippen molar-refractivity contribution in [2.75, 3.05) is 0 Å². The summed E-state index contributed by atoms with van der Waals surface area (Å²) < 4.78 is 0.593. The number of fused-ring (bicyclic) bond motifs is 1. The van der Waals surface area contributed by atoms with Gasteiger partial charge in [-0.3, -0.25) is 9.69 Å². The summed E-state index contributed by atoms with van der Waals surface area (Å²) in [4.78, 5) is 25.7. The minimum atomic E-state index is -1.11. The van der Waals surface area contributed by atoms with Gasteiger partial charge in [0.25, 0.3) is 0 Å². The summed E-state index contributed by atoms with van der Waals surface area (Å²) >= 11 is 2.68. The second-order valence-corrected chi connectivity index (χ2v) is 7.31. The maximum atomic E-state index is 12.0. The minimum Gasteiger partial charge on any atom is -0.477 e. The molecule has 3 atom stereocenters. The van der Waals surface area contributed by atoms with Gasteiger partial charge in [-0.25, -0.2) is 4.79 Å². The summed E-state index contributed by atoms with van der Waals surface area (Å²) in [6.07, 6.45) is -0.776. The van der Waals surface area contributed by atoms with Gasteiger partial charge in [-0.2, -0.15) is 0 Å². The third-order valence-electron chi connectivity index (χ3n) is 3.42. The molecule has 0 aliphatic carbocycles. The van der Waals surface area contributed by atoms with Crippen LogP contribution >= 0.6 is 23.5 Å². The molecule has 0 bridgehead atoms. The Labute approximate surface area is 130 Å². The Morgan fingerprint density at radius 1 is 1.38 bits per heavy atom. The van der Waals surface area contributed by atoms with Gasteiger partial charge >= 0.3 is 5.97 Å². The molecule has 2 heterocycles. The highest BCUT2D eigenvalue weighted by Gasteiger charge is 2.57. The third kappa shape index (κ3) is 2.35. The molecule has 0 aromatic heterocycles. The Hall–Kier alpha value is -1.44. The normalized spacial score (nSPS) is 25.6. The van der Waals surface area contributed by atoms with Crippen molar-refractivity contribution in [3.63, 3.8) is 0 Å². The van der Waals surface area contributed by atoms with E-state index in [1.165, 1.54) is 28.4 Å². The van der Waals surface area contributed by atoms with Gasteiger partial charge in [-0.1, -0.05) is 41.7 Å². The number of aliphatic hydroxyl groups excluding tert-OH is 1. The van der Waals surface area contributed by atoms with Crippen molar-refractivity contribution in [3.05, 3.63) is 40.3 Å². The van der Waals surface area contributed by atoms with E-state index >= 15 is 0 Å². The first kappa shape index (κ1) is 14.5. The van der Waals surface area contributed by atoms with E-state index in [9.17, 15) is 19.8 Å². The van der Waals surface area contributed by atoms with E-state index in [1.807, 2.05) is 30.3 Å². The second kappa shape index (κ2) is 5.40. The Bertz CT molecular complexity index is 629. The largest absolute Gasteiger partial charge is 0.477 e. The van der Waals surface area contributed by atoms with Crippen LogP contribution in [0.4, 0.5) is 0 Å². The number of aliphatic hydroxyl groups is 1. The van der Waals surface area contributed by atoms with Crippen molar-refractivity contribution in [2.45, 2.75) is 23.3 Å². The number of rotatable bonds is 4. The molecule has 1 fully saturated rings. The van der Waals surface area contributed by atoms with Crippen molar-refractivity contribution >= 4 is 35.4 Å². The fourth-order valence-corrected chi connectivity index (χ4v) is 5.30. The number of β-lactam (4-membered cyclic amide) rings is 1. The quantitative estimate of drug-likeness (QED) is 0.825. The first-order valence-electron chi connectivity index (χ1n) is 6.39. The van der Waals surface area contributed by atoms with Gasteiger partial charge in [-0.15, -0.1) is 0 Å². The molecule has 7 heteroatoms. The van der Waals surface area contributed by atoms with Gasteiger partial charge in [0, 0.05) is 4.90 Å². The first-order valence-corrected chi connectivity index (χ1v) is 8.08. The van der Waals surface area contributed by atoms with E-state index in [0.717, 1.165) is 4.90 Å². The van der Waals surface area contributed by atoms with Crippen LogP contribution in [-0.4, -0.2) is 38.5 Å². The molecule has 0 saturated carbocycles. The zero-order chi connectivity index (χ0) is 15.1. The van der Waals surface area contributed by atoms with E-state index in [2.05, 4.69) is 0 Å². The number of hydrogen-bond acceptors (Lipinski definition) is 5. The van der Waals surface area contributed by atoms with Crippen molar-refractivity contribution in [2.24, 2.45) is 5.92 Å². The van der Waals surface area contributed by atoms with Crippen LogP contribution in [0.15, 0.2) is 45.2 Å². The van der Waals surface area contributed by atoms with Crippen molar-refractivity contribution in [1.82, 2.24) is 4.90 Å². The molecule has 2 unspecified atom stereocenters. The van der Waals surface area contributed by atoms with Crippen LogP contribution < -0.4 is 0 Å². The Balaban J connectivity index is 1.89. The maximum Gasteiger partial charge on any atom is 0.354 e. The molecule has 0 spiro atoms. The number of carboxylic acids is 1. The Morgan fingerprint density at radius 2 is 2.05 bits per heavy atom. The van der Waals surface area contributed by atoms with Crippen LogP contribution in [0, 0.1) is 5.92 Å². The lowest BCUT2D eigenvalue weighted by molar-refractivity contribution is -0.156. The molecule has 2 aliphatic heterocycles. The lowest BCUT2D eigenvalue weighted by Crippen LogP contribution is -2.60. The predicted molar refractivity (Wildman–Crippen MR) is 80.4 cm³/mol. The number of carbonyl (C=O) groups excluding carboxylic acids is 1. The zero-order valence-electron chi connectivity index (χ0n) is 11.1. The molecule has 2 N–H and O–H groups in total. The molecule has 1 saturated heterocycles. The highest BCUT2D eigenvalue weighted by molar-refractivity contribution is 8.22. The number of benzene rings is 1. The number of amides is 1. The summed E-state index contributed by atoms with van der Waals surface area (Å²) in [5.74, 6) is -1.96. The summed E-state index contributed by atoms with van der Waals surface area (Å²) in [5.41, 5.74) is 0.0285. The molecule has 1 aromatic carbocycles. The van der Waals surface area contributed by atoms with Gasteiger partial charge in [-0.05, 0) is 19.1 Å². The summed E-state index contributed by atoms with van der Waals surface area (Å²) in [6, 6.07) is 9.42. The highest BCUT2D eigenvalue weighted by atomic mass is 32.2. The molecule has 1 amide bonds. The number of carboxylic acid groups (broad SMARTS) is 1. The Kier molecular flexibility index (Phi) is 3.73. The van der Waals surface area contributed by atoms with Crippen LogP contribution in [0.25, 0.3) is 0 Å². The summed E-state index contributed by atoms with van der Waals surface area (Å²) in [6.45, 7) is 1.56. The van der Waals surface area contributed by atoms with E-state index in [0.29, 0.717) is 4.24 Å². The molecular weight excluding hydrogens is 310 g/mol.